The van der Waals surface area contributed by atoms with Crippen LogP contribution in [0.2, 0.25) is 0 Å². The van der Waals surface area contributed by atoms with Crippen molar-refractivity contribution < 1.29 is 10.0 Å². The molecule has 4 heteroatoms. The van der Waals surface area contributed by atoms with E-state index in [4.69, 9.17) is 0 Å². The van der Waals surface area contributed by atoms with Gasteiger partial charge < -0.3 is 14.6 Å². The molecule has 150 valence electrons. The molecule has 6 rings (SSSR count). The maximum atomic E-state index is 9.81. The lowest BCUT2D eigenvalue weighted by atomic mass is 9.74. The SMILES string of the molecule is CC1(C)c2ccccc2-n2c3ccc(B(O)O)cc3c3cc(-c4ccccc4)cc1c32. The second-order valence-electron chi connectivity index (χ2n) is 8.91. The van der Waals surface area contributed by atoms with E-state index >= 15 is 0 Å². The minimum Gasteiger partial charge on any atom is -0.423 e. The van der Waals surface area contributed by atoms with Gasteiger partial charge in [0.25, 0.3) is 0 Å². The van der Waals surface area contributed by atoms with Crippen molar-refractivity contribution in [2.75, 3.05) is 0 Å². The summed E-state index contributed by atoms with van der Waals surface area (Å²) in [4.78, 5) is 0. The molecule has 5 aromatic rings. The van der Waals surface area contributed by atoms with Crippen LogP contribution in [-0.4, -0.2) is 21.7 Å². The molecule has 2 N–H and O–H groups in total. The molecule has 1 aliphatic rings. The van der Waals surface area contributed by atoms with Crippen LogP contribution in [0.15, 0.2) is 84.9 Å². The van der Waals surface area contributed by atoms with Crippen LogP contribution in [0.4, 0.5) is 0 Å². The normalized spacial score (nSPS) is 14.1. The van der Waals surface area contributed by atoms with Crippen LogP contribution in [0, 0.1) is 0 Å². The Bertz CT molecular complexity index is 1480. The Morgan fingerprint density at radius 1 is 0.710 bits per heavy atom. The number of fused-ring (bicyclic) bond motifs is 5. The van der Waals surface area contributed by atoms with Gasteiger partial charge in [-0.25, -0.2) is 0 Å². The van der Waals surface area contributed by atoms with Crippen molar-refractivity contribution in [2.24, 2.45) is 0 Å². The van der Waals surface area contributed by atoms with Crippen molar-refractivity contribution in [1.29, 1.82) is 0 Å². The highest BCUT2D eigenvalue weighted by molar-refractivity contribution is 6.59. The summed E-state index contributed by atoms with van der Waals surface area (Å²) in [5.41, 5.74) is 8.72. The molecular formula is C27H22BNO2. The van der Waals surface area contributed by atoms with Gasteiger partial charge in [-0.05, 0) is 52.0 Å². The molecule has 3 nitrogen and oxygen atoms in total. The van der Waals surface area contributed by atoms with Crippen molar-refractivity contribution in [3.05, 3.63) is 96.1 Å². The van der Waals surface area contributed by atoms with Crippen molar-refractivity contribution in [3.63, 3.8) is 0 Å². The van der Waals surface area contributed by atoms with Crippen LogP contribution in [0.5, 0.6) is 0 Å². The van der Waals surface area contributed by atoms with Crippen molar-refractivity contribution in [2.45, 2.75) is 19.3 Å². The van der Waals surface area contributed by atoms with Crippen molar-refractivity contribution in [1.82, 2.24) is 4.57 Å². The van der Waals surface area contributed by atoms with Crippen LogP contribution in [0.3, 0.4) is 0 Å². The molecule has 2 heterocycles. The molecule has 0 saturated carbocycles. The van der Waals surface area contributed by atoms with Gasteiger partial charge in [0, 0.05) is 16.2 Å². The van der Waals surface area contributed by atoms with Gasteiger partial charge in [-0.15, -0.1) is 0 Å². The van der Waals surface area contributed by atoms with Crippen LogP contribution >= 0.6 is 0 Å². The third-order valence-electron chi connectivity index (χ3n) is 6.78. The van der Waals surface area contributed by atoms with Crippen LogP contribution in [-0.2, 0) is 5.41 Å². The van der Waals surface area contributed by atoms with Gasteiger partial charge in [0.1, 0.15) is 0 Å². The van der Waals surface area contributed by atoms with E-state index < -0.39 is 7.12 Å². The number of rotatable bonds is 2. The summed E-state index contributed by atoms with van der Waals surface area (Å²) in [6, 6.07) is 29.3. The standard InChI is InChI=1S/C27H22BNO2/c1-27(2)22-10-6-7-11-25(22)29-24-13-12-19(28(30)31)16-20(24)21-14-18(15-23(27)26(21)29)17-8-4-3-5-9-17/h3-16,30-31H,1-2H3. The average Bonchev–Trinajstić information content (AvgIpc) is 3.12. The number of para-hydroxylation sites is 1. The molecule has 0 spiro atoms. The van der Waals surface area contributed by atoms with Gasteiger partial charge >= 0.3 is 7.12 Å². The van der Waals surface area contributed by atoms with Gasteiger partial charge in [-0.1, -0.05) is 74.5 Å². The summed E-state index contributed by atoms with van der Waals surface area (Å²) >= 11 is 0. The fourth-order valence-electron chi connectivity index (χ4n) is 5.19. The molecule has 0 amide bonds. The Morgan fingerprint density at radius 3 is 2.23 bits per heavy atom. The lowest BCUT2D eigenvalue weighted by Gasteiger charge is -2.35. The van der Waals surface area contributed by atoms with Crippen LogP contribution in [0.25, 0.3) is 38.6 Å². The number of hydrogen-bond donors (Lipinski definition) is 2. The van der Waals surface area contributed by atoms with E-state index in [1.54, 1.807) is 6.07 Å². The van der Waals surface area contributed by atoms with Crippen molar-refractivity contribution in [3.8, 4) is 16.8 Å². The third kappa shape index (κ3) is 2.49. The highest BCUT2D eigenvalue weighted by Crippen LogP contribution is 2.48. The van der Waals surface area contributed by atoms with E-state index in [2.05, 4.69) is 79.1 Å². The zero-order valence-electron chi connectivity index (χ0n) is 17.5. The molecule has 4 aromatic carbocycles. The lowest BCUT2D eigenvalue weighted by molar-refractivity contribution is 0.426. The van der Waals surface area contributed by atoms with E-state index in [9.17, 15) is 10.0 Å². The molecule has 0 aliphatic carbocycles. The molecule has 31 heavy (non-hydrogen) atoms. The van der Waals surface area contributed by atoms with Crippen molar-refractivity contribution >= 4 is 34.4 Å². The predicted octanol–water partition coefficient (Wildman–Crippen LogP) is 4.77. The van der Waals surface area contributed by atoms with E-state index in [0.717, 1.165) is 16.3 Å². The predicted molar refractivity (Wildman–Crippen MR) is 128 cm³/mol. The molecule has 1 aliphatic heterocycles. The van der Waals surface area contributed by atoms with Gasteiger partial charge in [0.15, 0.2) is 0 Å². The minimum atomic E-state index is -1.49. The number of aromatic nitrogens is 1. The Morgan fingerprint density at radius 2 is 1.45 bits per heavy atom. The molecule has 0 radical (unpaired) electrons. The molecule has 0 saturated heterocycles. The Balaban J connectivity index is 1.83. The van der Waals surface area contributed by atoms with Gasteiger partial charge in [-0.2, -0.15) is 0 Å². The summed E-state index contributed by atoms with van der Waals surface area (Å²) in [6.07, 6.45) is 0. The summed E-state index contributed by atoms with van der Waals surface area (Å²) in [5.74, 6) is 0. The first-order valence-electron chi connectivity index (χ1n) is 10.6. The number of benzene rings is 4. The molecular weight excluding hydrogens is 381 g/mol. The van der Waals surface area contributed by atoms with Crippen LogP contribution in [0.1, 0.15) is 25.0 Å². The number of nitrogens with zero attached hydrogens (tertiary/aromatic N) is 1. The summed E-state index contributed by atoms with van der Waals surface area (Å²) in [5, 5.41) is 21.8. The number of hydrogen-bond acceptors (Lipinski definition) is 2. The first-order chi connectivity index (χ1) is 15.0. The van der Waals surface area contributed by atoms with E-state index in [1.165, 1.54) is 33.5 Å². The summed E-state index contributed by atoms with van der Waals surface area (Å²) < 4.78 is 2.34. The van der Waals surface area contributed by atoms with Gasteiger partial charge in [0.05, 0.1) is 16.7 Å². The van der Waals surface area contributed by atoms with Crippen LogP contribution < -0.4 is 5.46 Å². The van der Waals surface area contributed by atoms with E-state index in [0.29, 0.717) is 5.46 Å². The Hall–Kier alpha value is -3.34. The first kappa shape index (κ1) is 18.4. The topological polar surface area (TPSA) is 45.4 Å². The minimum absolute atomic E-state index is 0.163. The quantitative estimate of drug-likeness (QED) is 0.417. The second-order valence-corrected chi connectivity index (χ2v) is 8.91. The fourth-order valence-corrected chi connectivity index (χ4v) is 5.19. The monoisotopic (exact) mass is 403 g/mol. The molecule has 1 aromatic heterocycles. The summed E-state index contributed by atoms with van der Waals surface area (Å²) in [7, 11) is -1.49. The zero-order chi connectivity index (χ0) is 21.3. The summed E-state index contributed by atoms with van der Waals surface area (Å²) in [6.45, 7) is 4.58. The third-order valence-corrected chi connectivity index (χ3v) is 6.78. The zero-order valence-corrected chi connectivity index (χ0v) is 17.5. The largest absolute Gasteiger partial charge is 0.488 e. The highest BCUT2D eigenvalue weighted by Gasteiger charge is 2.35. The maximum Gasteiger partial charge on any atom is 0.488 e. The lowest BCUT2D eigenvalue weighted by Crippen LogP contribution is -2.29. The molecule has 0 bridgehead atoms. The van der Waals surface area contributed by atoms with E-state index in [-0.39, 0.29) is 5.41 Å². The first-order valence-corrected chi connectivity index (χ1v) is 10.6. The molecule has 0 unspecified atom stereocenters. The average molecular weight is 403 g/mol. The highest BCUT2D eigenvalue weighted by atomic mass is 16.4. The Labute approximate surface area is 181 Å². The Kier molecular flexibility index (Phi) is 3.77. The molecule has 0 atom stereocenters. The van der Waals surface area contributed by atoms with Gasteiger partial charge in [-0.3, -0.25) is 0 Å². The van der Waals surface area contributed by atoms with Gasteiger partial charge in [0.2, 0.25) is 0 Å². The smallest absolute Gasteiger partial charge is 0.423 e. The second kappa shape index (κ2) is 6.33. The van der Waals surface area contributed by atoms with E-state index in [1.807, 2.05) is 18.2 Å². The molecule has 0 fully saturated rings. The maximum absolute atomic E-state index is 9.81. The fraction of sp³-hybridized carbons (Fsp3) is 0.111.